The summed E-state index contributed by atoms with van der Waals surface area (Å²) in [5, 5.41) is 5.20. The summed E-state index contributed by atoms with van der Waals surface area (Å²) in [4.78, 5) is 24.2. The van der Waals surface area contributed by atoms with Gasteiger partial charge in [0.15, 0.2) is 0 Å². The molecular weight excluding hydrogens is 398 g/mol. The van der Waals surface area contributed by atoms with Gasteiger partial charge in [0.05, 0.1) is 22.2 Å². The zero-order valence-corrected chi connectivity index (χ0v) is 17.5. The Kier molecular flexibility index (Phi) is 4.76. The van der Waals surface area contributed by atoms with Gasteiger partial charge in [-0.25, -0.2) is 4.98 Å². The van der Waals surface area contributed by atoms with Crippen molar-refractivity contribution in [2.75, 3.05) is 5.32 Å². The highest BCUT2D eigenvalue weighted by molar-refractivity contribution is 6.31. The summed E-state index contributed by atoms with van der Waals surface area (Å²) in [5.41, 5.74) is 11.0. The Morgan fingerprint density at radius 3 is 2.73 bits per heavy atom. The number of pyridine rings is 1. The van der Waals surface area contributed by atoms with Crippen LogP contribution in [0.3, 0.4) is 0 Å². The summed E-state index contributed by atoms with van der Waals surface area (Å²) >= 11 is 6.13. The van der Waals surface area contributed by atoms with Crippen LogP contribution in [0.4, 0.5) is 5.69 Å². The summed E-state index contributed by atoms with van der Waals surface area (Å²) < 4.78 is 0. The number of H-pyrrole nitrogens is 2. The summed E-state index contributed by atoms with van der Waals surface area (Å²) in [6, 6.07) is 11.7. The Morgan fingerprint density at radius 2 is 1.90 bits per heavy atom. The van der Waals surface area contributed by atoms with Gasteiger partial charge in [-0.3, -0.25) is 4.79 Å². The fourth-order valence-corrected chi connectivity index (χ4v) is 4.57. The third-order valence-electron chi connectivity index (χ3n) is 6.00. The Labute approximate surface area is 178 Å². The maximum Gasteiger partial charge on any atom is 0.261 e. The number of fused-ring (bicyclic) bond motifs is 2. The van der Waals surface area contributed by atoms with Crippen LogP contribution in [0.25, 0.3) is 33.3 Å². The zero-order valence-electron chi connectivity index (χ0n) is 16.8. The van der Waals surface area contributed by atoms with Gasteiger partial charge in [-0.1, -0.05) is 36.1 Å². The number of anilines is 1. The number of aromatic amines is 2. The fraction of sp³-hybridized carbons (Fsp3) is 0.304. The fourth-order valence-electron chi connectivity index (χ4n) is 4.40. The number of rotatable bonds is 3. The van der Waals surface area contributed by atoms with Crippen LogP contribution in [0.1, 0.15) is 31.2 Å². The standard InChI is InChI=1S/C23H24ClN5O/c1-12-6-8-16-14(10-12)21(26-17-5-3-2-4-15(17)25)20(23(30)29-16)22-27-18-9-7-13(24)11-19(18)28-22/h6-11,15,17H,2-5,25H2,1H3,(H,27,28)(H2,26,29,30)/t15-,17-/m1/s1. The van der Waals surface area contributed by atoms with E-state index in [4.69, 9.17) is 17.3 Å². The maximum absolute atomic E-state index is 13.2. The predicted octanol–water partition coefficient (Wildman–Crippen LogP) is 4.72. The minimum atomic E-state index is -0.191. The smallest absolute Gasteiger partial charge is 0.261 e. The first-order chi connectivity index (χ1) is 14.5. The summed E-state index contributed by atoms with van der Waals surface area (Å²) in [7, 11) is 0. The van der Waals surface area contributed by atoms with Crippen molar-refractivity contribution in [3.8, 4) is 11.4 Å². The molecule has 0 saturated heterocycles. The molecule has 1 aliphatic carbocycles. The van der Waals surface area contributed by atoms with Crippen molar-refractivity contribution < 1.29 is 0 Å². The molecule has 2 atom stereocenters. The van der Waals surface area contributed by atoms with E-state index in [1.54, 1.807) is 12.1 Å². The Bertz CT molecular complexity index is 1310. The van der Waals surface area contributed by atoms with E-state index in [-0.39, 0.29) is 17.6 Å². The first kappa shape index (κ1) is 19.2. The molecule has 1 saturated carbocycles. The largest absolute Gasteiger partial charge is 0.379 e. The molecule has 7 heteroatoms. The van der Waals surface area contributed by atoms with Gasteiger partial charge in [0, 0.05) is 22.5 Å². The highest BCUT2D eigenvalue weighted by Gasteiger charge is 2.25. The monoisotopic (exact) mass is 421 g/mol. The predicted molar refractivity (Wildman–Crippen MR) is 123 cm³/mol. The van der Waals surface area contributed by atoms with Crippen molar-refractivity contribution in [1.29, 1.82) is 0 Å². The lowest BCUT2D eigenvalue weighted by Crippen LogP contribution is -2.43. The topological polar surface area (TPSA) is 99.6 Å². The van der Waals surface area contributed by atoms with Gasteiger partial charge in [0.2, 0.25) is 0 Å². The molecule has 1 fully saturated rings. The average molecular weight is 422 g/mol. The van der Waals surface area contributed by atoms with Gasteiger partial charge in [0.1, 0.15) is 11.4 Å². The first-order valence-electron chi connectivity index (χ1n) is 10.3. The molecule has 5 rings (SSSR count). The lowest BCUT2D eigenvalue weighted by atomic mass is 9.90. The van der Waals surface area contributed by atoms with Crippen LogP contribution in [-0.2, 0) is 0 Å². The molecule has 0 aliphatic heterocycles. The van der Waals surface area contributed by atoms with Gasteiger partial charge in [-0.05, 0) is 50.1 Å². The average Bonchev–Trinajstić information content (AvgIpc) is 3.12. The number of aryl methyl sites for hydroxylation is 1. The van der Waals surface area contributed by atoms with Crippen molar-refractivity contribution >= 4 is 39.2 Å². The van der Waals surface area contributed by atoms with Crippen LogP contribution in [-0.4, -0.2) is 27.0 Å². The molecule has 0 radical (unpaired) electrons. The molecule has 0 unspecified atom stereocenters. The Balaban J connectivity index is 1.74. The molecule has 0 amide bonds. The van der Waals surface area contributed by atoms with Crippen molar-refractivity contribution in [1.82, 2.24) is 15.0 Å². The van der Waals surface area contributed by atoms with Crippen molar-refractivity contribution in [3.63, 3.8) is 0 Å². The second kappa shape index (κ2) is 7.45. The number of aromatic nitrogens is 3. The van der Waals surface area contributed by atoms with Gasteiger partial charge >= 0.3 is 0 Å². The molecule has 154 valence electrons. The third kappa shape index (κ3) is 3.36. The summed E-state index contributed by atoms with van der Waals surface area (Å²) in [6.07, 6.45) is 4.24. The van der Waals surface area contributed by atoms with E-state index < -0.39 is 0 Å². The number of hydrogen-bond acceptors (Lipinski definition) is 4. The van der Waals surface area contributed by atoms with Gasteiger partial charge in [-0.15, -0.1) is 0 Å². The lowest BCUT2D eigenvalue weighted by molar-refractivity contribution is 0.404. The summed E-state index contributed by atoms with van der Waals surface area (Å²) in [6.45, 7) is 2.05. The minimum Gasteiger partial charge on any atom is -0.379 e. The SMILES string of the molecule is Cc1ccc2[nH]c(=O)c(-c3nc4cc(Cl)ccc4[nH]3)c(N[C@@H]3CCCC[C@H]3N)c2c1. The number of halogens is 1. The molecule has 2 heterocycles. The molecule has 6 nitrogen and oxygen atoms in total. The highest BCUT2D eigenvalue weighted by atomic mass is 35.5. The van der Waals surface area contributed by atoms with E-state index in [1.807, 2.05) is 25.1 Å². The lowest BCUT2D eigenvalue weighted by Gasteiger charge is -2.31. The number of benzene rings is 2. The second-order valence-electron chi connectivity index (χ2n) is 8.20. The molecule has 30 heavy (non-hydrogen) atoms. The molecule has 2 aromatic carbocycles. The third-order valence-corrected chi connectivity index (χ3v) is 6.24. The van der Waals surface area contributed by atoms with Crippen LogP contribution in [0.2, 0.25) is 5.02 Å². The van der Waals surface area contributed by atoms with Crippen LogP contribution >= 0.6 is 11.6 Å². The van der Waals surface area contributed by atoms with E-state index in [0.29, 0.717) is 16.4 Å². The maximum atomic E-state index is 13.2. The number of nitrogens with zero attached hydrogens (tertiary/aromatic N) is 1. The molecule has 4 aromatic rings. The van der Waals surface area contributed by atoms with Crippen molar-refractivity contribution in [2.45, 2.75) is 44.7 Å². The van der Waals surface area contributed by atoms with Crippen LogP contribution in [0, 0.1) is 6.92 Å². The van der Waals surface area contributed by atoms with E-state index in [9.17, 15) is 4.79 Å². The molecule has 5 N–H and O–H groups in total. The molecular formula is C23H24ClN5O. The van der Waals surface area contributed by atoms with Crippen LogP contribution < -0.4 is 16.6 Å². The van der Waals surface area contributed by atoms with Gasteiger partial charge < -0.3 is 21.0 Å². The van der Waals surface area contributed by atoms with E-state index in [1.165, 1.54) is 0 Å². The van der Waals surface area contributed by atoms with Gasteiger partial charge in [-0.2, -0.15) is 0 Å². The van der Waals surface area contributed by atoms with Crippen molar-refractivity contribution in [3.05, 3.63) is 57.3 Å². The zero-order chi connectivity index (χ0) is 20.8. The number of nitrogens with one attached hydrogen (secondary N) is 3. The second-order valence-corrected chi connectivity index (χ2v) is 8.64. The summed E-state index contributed by atoms with van der Waals surface area (Å²) in [5.74, 6) is 0.517. The molecule has 0 bridgehead atoms. The molecule has 2 aromatic heterocycles. The van der Waals surface area contributed by atoms with Crippen LogP contribution in [0.5, 0.6) is 0 Å². The highest BCUT2D eigenvalue weighted by Crippen LogP contribution is 2.34. The van der Waals surface area contributed by atoms with Crippen LogP contribution in [0.15, 0.2) is 41.2 Å². The normalized spacial score (nSPS) is 19.4. The van der Waals surface area contributed by atoms with E-state index in [2.05, 4.69) is 26.3 Å². The quantitative estimate of drug-likeness (QED) is 0.384. The Morgan fingerprint density at radius 1 is 1.10 bits per heavy atom. The number of hydrogen-bond donors (Lipinski definition) is 4. The molecule has 1 aliphatic rings. The van der Waals surface area contributed by atoms with Gasteiger partial charge in [0.25, 0.3) is 5.56 Å². The molecule has 0 spiro atoms. The number of nitrogens with two attached hydrogens (primary N) is 1. The van der Waals surface area contributed by atoms with E-state index >= 15 is 0 Å². The minimum absolute atomic E-state index is 0.0558. The number of imidazole rings is 1. The Hall–Kier alpha value is -2.83. The first-order valence-corrected chi connectivity index (χ1v) is 10.7. The van der Waals surface area contributed by atoms with E-state index in [0.717, 1.165) is 58.9 Å². The van der Waals surface area contributed by atoms with Crippen molar-refractivity contribution in [2.24, 2.45) is 5.73 Å².